The number of aromatic hydroxyl groups is 1. The Morgan fingerprint density at radius 2 is 1.06 bits per heavy atom. The maximum atomic E-state index is 10.6. The zero-order valence-electron chi connectivity index (χ0n) is 17.3. The fourth-order valence-corrected chi connectivity index (χ4v) is 2.83. The van der Waals surface area contributed by atoms with Gasteiger partial charge in [0, 0.05) is 13.1 Å². The van der Waals surface area contributed by atoms with Gasteiger partial charge in [-0.25, -0.2) is 4.79 Å². The molecule has 16 nitrogen and oxygen atoms in total. The van der Waals surface area contributed by atoms with Gasteiger partial charge in [0.1, 0.15) is 11.3 Å². The van der Waals surface area contributed by atoms with Crippen molar-refractivity contribution in [1.82, 2.24) is 9.80 Å². The molecular weight excluding hydrogens is 488 g/mol. The Kier molecular flexibility index (Phi) is 12.2. The summed E-state index contributed by atoms with van der Waals surface area (Å²) >= 11 is 0. The minimum atomic E-state index is -4.45. The van der Waals surface area contributed by atoms with E-state index in [0.717, 1.165) is 21.9 Å². The molecule has 0 aromatic heterocycles. The molecule has 0 aliphatic heterocycles. The minimum Gasteiger partial charge on any atom is -0.507 e. The van der Waals surface area contributed by atoms with Crippen LogP contribution in [0.2, 0.25) is 0 Å². The second kappa shape index (κ2) is 13.7. The molecule has 1 rings (SSSR count). The molecule has 0 bridgehead atoms. The number of aromatic carboxylic acids is 1. The van der Waals surface area contributed by atoms with Crippen LogP contribution in [0, 0.1) is 0 Å². The molecule has 0 aliphatic carbocycles. The zero-order chi connectivity index (χ0) is 26.6. The van der Waals surface area contributed by atoms with Crippen molar-refractivity contribution in [3.8, 4) is 5.75 Å². The van der Waals surface area contributed by atoms with Crippen LogP contribution in [0.4, 0.5) is 0 Å². The van der Waals surface area contributed by atoms with E-state index in [1.54, 1.807) is 0 Å². The van der Waals surface area contributed by atoms with Crippen LogP contribution in [0.1, 0.15) is 10.4 Å². The Labute approximate surface area is 191 Å². The lowest BCUT2D eigenvalue weighted by atomic mass is 10.2. The van der Waals surface area contributed by atoms with Gasteiger partial charge in [0.05, 0.1) is 31.1 Å². The first-order chi connectivity index (χ1) is 15.5. The lowest BCUT2D eigenvalue weighted by molar-refractivity contribution is -0.145. The lowest BCUT2D eigenvalue weighted by Gasteiger charge is -2.23. The van der Waals surface area contributed by atoms with E-state index in [-0.39, 0.29) is 13.1 Å². The molecule has 0 atom stereocenters. The van der Waals surface area contributed by atoms with Gasteiger partial charge in [-0.1, -0.05) is 0 Å². The summed E-state index contributed by atoms with van der Waals surface area (Å²) in [5, 5.41) is 52.0. The largest absolute Gasteiger partial charge is 0.507 e. The molecule has 7 N–H and O–H groups in total. The lowest BCUT2D eigenvalue weighted by Crippen LogP contribution is -2.43. The Morgan fingerprint density at radius 1 is 0.706 bits per heavy atom. The van der Waals surface area contributed by atoms with Gasteiger partial charge in [-0.15, -0.1) is 0 Å². The molecule has 1 aromatic carbocycles. The first-order valence-electron chi connectivity index (χ1n) is 8.88. The van der Waals surface area contributed by atoms with Crippen molar-refractivity contribution in [2.45, 2.75) is 4.90 Å². The summed E-state index contributed by atoms with van der Waals surface area (Å²) in [5.41, 5.74) is -0.583. The number of hydrogen-bond acceptors (Lipinski definition) is 10. The number of rotatable bonds is 13. The molecule has 0 aliphatic rings. The van der Waals surface area contributed by atoms with E-state index in [4.69, 9.17) is 35.2 Å². The second-order valence-electron chi connectivity index (χ2n) is 6.46. The highest BCUT2D eigenvalue weighted by Gasteiger charge is 2.18. The number of hydrogen-bond donors (Lipinski definition) is 7. The summed E-state index contributed by atoms with van der Waals surface area (Å²) in [6, 6.07) is 2.46. The Morgan fingerprint density at radius 3 is 1.32 bits per heavy atom. The molecule has 0 spiro atoms. The number of carboxylic acids is 5. The maximum absolute atomic E-state index is 10.6. The van der Waals surface area contributed by atoms with Gasteiger partial charge in [0.15, 0.2) is 0 Å². The van der Waals surface area contributed by atoms with Crippen molar-refractivity contribution in [3.63, 3.8) is 0 Å². The standard InChI is InChI=1S/C10H16N2O8.C7H6O6S/c13-7(14)3-11(4-8(15)16)1-2-12(5-9(17)18)6-10(19)20;8-6-2-1-4(14(11,12)13)3-5(6)7(9)10/h1-6H2,(H,13,14)(H,15,16)(H,17,18)(H,19,20);1-3,8H,(H,9,10)(H,11,12,13). The predicted molar refractivity (Wildman–Crippen MR) is 108 cm³/mol. The van der Waals surface area contributed by atoms with Crippen LogP contribution in [0.15, 0.2) is 23.1 Å². The highest BCUT2D eigenvalue weighted by atomic mass is 32.2. The van der Waals surface area contributed by atoms with Crippen LogP contribution >= 0.6 is 0 Å². The molecule has 34 heavy (non-hydrogen) atoms. The van der Waals surface area contributed by atoms with Gasteiger partial charge in [0.2, 0.25) is 0 Å². The summed E-state index contributed by atoms with van der Waals surface area (Å²) in [7, 11) is -4.45. The Balaban J connectivity index is 0.000000679. The summed E-state index contributed by atoms with van der Waals surface area (Å²) in [5.74, 6) is -6.95. The molecule has 0 fully saturated rings. The normalized spacial score (nSPS) is 10.9. The SMILES string of the molecule is O=C(O)CN(CCN(CC(=O)O)CC(=O)O)CC(=O)O.O=C(O)c1cc(S(=O)(=O)O)ccc1O. The average Bonchev–Trinajstić information content (AvgIpc) is 2.63. The second-order valence-corrected chi connectivity index (χ2v) is 7.88. The topological polar surface area (TPSA) is 268 Å². The number of aliphatic carboxylic acids is 4. The van der Waals surface area contributed by atoms with Crippen LogP contribution in [-0.2, 0) is 29.3 Å². The molecule has 1 aromatic rings. The number of benzene rings is 1. The molecule has 0 amide bonds. The predicted octanol–water partition coefficient (Wildman–Crippen LogP) is -1.73. The van der Waals surface area contributed by atoms with Crippen LogP contribution < -0.4 is 0 Å². The Bertz CT molecular complexity index is 955. The van der Waals surface area contributed by atoms with E-state index in [1.165, 1.54) is 0 Å². The van der Waals surface area contributed by atoms with Gasteiger partial charge in [-0.05, 0) is 18.2 Å². The third-order valence-electron chi connectivity index (χ3n) is 3.66. The van der Waals surface area contributed by atoms with Gasteiger partial charge in [-0.2, -0.15) is 8.42 Å². The fourth-order valence-electron chi connectivity index (χ4n) is 2.32. The Hall–Kier alpha value is -3.80. The van der Waals surface area contributed by atoms with Crippen LogP contribution in [0.3, 0.4) is 0 Å². The third kappa shape index (κ3) is 12.9. The highest BCUT2D eigenvalue weighted by Crippen LogP contribution is 2.20. The van der Waals surface area contributed by atoms with E-state index in [2.05, 4.69) is 0 Å². The zero-order valence-corrected chi connectivity index (χ0v) is 18.1. The van der Waals surface area contributed by atoms with E-state index in [1.807, 2.05) is 0 Å². The number of carboxylic acid groups (broad SMARTS) is 5. The van der Waals surface area contributed by atoms with Crippen LogP contribution in [0.25, 0.3) is 0 Å². The summed E-state index contributed by atoms with van der Waals surface area (Å²) < 4.78 is 29.8. The minimum absolute atomic E-state index is 0.0703. The van der Waals surface area contributed by atoms with Crippen molar-refractivity contribution in [2.75, 3.05) is 39.3 Å². The van der Waals surface area contributed by atoms with E-state index in [9.17, 15) is 32.4 Å². The smallest absolute Gasteiger partial charge is 0.339 e. The van der Waals surface area contributed by atoms with Gasteiger partial charge >= 0.3 is 29.8 Å². The summed E-state index contributed by atoms with van der Waals surface area (Å²) in [4.78, 5) is 54.2. The first kappa shape index (κ1) is 30.2. The molecule has 17 heteroatoms. The van der Waals surface area contributed by atoms with Gasteiger partial charge < -0.3 is 30.6 Å². The molecule has 0 unspecified atom stereocenters. The highest BCUT2D eigenvalue weighted by molar-refractivity contribution is 7.85. The maximum Gasteiger partial charge on any atom is 0.339 e. The molecule has 0 radical (unpaired) electrons. The number of nitrogens with zero attached hydrogens (tertiary/aromatic N) is 2. The van der Waals surface area contributed by atoms with Crippen LogP contribution in [-0.4, -0.2) is 123 Å². The molecule has 190 valence electrons. The van der Waals surface area contributed by atoms with Crippen molar-refractivity contribution >= 4 is 40.0 Å². The summed E-state index contributed by atoms with van der Waals surface area (Å²) in [6.45, 7) is -2.25. The third-order valence-corrected chi connectivity index (χ3v) is 4.51. The monoisotopic (exact) mass is 510 g/mol. The van der Waals surface area contributed by atoms with Gasteiger partial charge in [-0.3, -0.25) is 33.5 Å². The quantitative estimate of drug-likeness (QED) is 0.145. The van der Waals surface area contributed by atoms with Crippen molar-refractivity contribution in [3.05, 3.63) is 23.8 Å². The molecule has 0 saturated heterocycles. The molecule has 0 heterocycles. The van der Waals surface area contributed by atoms with E-state index in [0.29, 0.717) is 6.07 Å². The van der Waals surface area contributed by atoms with Crippen molar-refractivity contribution in [2.24, 2.45) is 0 Å². The van der Waals surface area contributed by atoms with Crippen molar-refractivity contribution < 1.29 is 67.6 Å². The fraction of sp³-hybridized carbons (Fsp3) is 0.353. The molecule has 0 saturated carbocycles. The number of carbonyl (C=O) groups is 5. The van der Waals surface area contributed by atoms with E-state index >= 15 is 0 Å². The van der Waals surface area contributed by atoms with Crippen molar-refractivity contribution in [1.29, 1.82) is 0 Å². The molecular formula is C17H22N2O14S. The van der Waals surface area contributed by atoms with Gasteiger partial charge in [0.25, 0.3) is 10.1 Å². The number of phenols is 1. The average molecular weight is 510 g/mol. The van der Waals surface area contributed by atoms with E-state index < -0.39 is 82.4 Å². The van der Waals surface area contributed by atoms with Crippen LogP contribution in [0.5, 0.6) is 5.75 Å². The summed E-state index contributed by atoms with van der Waals surface area (Å²) in [6.07, 6.45) is 0. The first-order valence-corrected chi connectivity index (χ1v) is 10.3.